The van der Waals surface area contributed by atoms with Gasteiger partial charge in [0.1, 0.15) is 11.3 Å². The highest BCUT2D eigenvalue weighted by atomic mass is 32.2. The number of hydrogen-bond donors (Lipinski definition) is 1. The minimum atomic E-state index is -3.95. The molecule has 2 aromatic carbocycles. The highest BCUT2D eigenvalue weighted by Crippen LogP contribution is 2.21. The van der Waals surface area contributed by atoms with Crippen molar-refractivity contribution >= 4 is 32.5 Å². The van der Waals surface area contributed by atoms with Crippen molar-refractivity contribution < 1.29 is 17.6 Å². The van der Waals surface area contributed by atoms with Crippen LogP contribution in [0.15, 0.2) is 52.1 Å². The van der Waals surface area contributed by atoms with Gasteiger partial charge < -0.3 is 9.73 Å². The Labute approximate surface area is 139 Å². The third-order valence-corrected chi connectivity index (χ3v) is 5.09. The summed E-state index contributed by atoms with van der Waals surface area (Å²) in [7, 11) is -3.95. The number of aromatic nitrogens is 1. The Balaban J connectivity index is 1.81. The lowest BCUT2D eigenvalue weighted by molar-refractivity contribution is -0.113. The first kappa shape index (κ1) is 16.2. The molecule has 0 atom stereocenters. The van der Waals surface area contributed by atoms with Crippen molar-refractivity contribution in [3.63, 3.8) is 0 Å². The van der Waals surface area contributed by atoms with Gasteiger partial charge in [-0.25, -0.2) is 8.42 Å². The van der Waals surface area contributed by atoms with Gasteiger partial charge in [-0.3, -0.25) is 4.79 Å². The molecule has 1 N–H and O–H groups in total. The zero-order valence-electron chi connectivity index (χ0n) is 13.2. The molecule has 0 unspecified atom stereocenters. The lowest BCUT2D eigenvalue weighted by atomic mass is 10.1. The fourth-order valence-corrected chi connectivity index (χ4v) is 3.29. The SMILES string of the molecule is Cc1cccc(NC(=O)CS(=O)(=O)c2nc3ccccc3o2)c1C. The molecule has 0 radical (unpaired) electrons. The summed E-state index contributed by atoms with van der Waals surface area (Å²) >= 11 is 0. The van der Waals surface area contributed by atoms with E-state index in [4.69, 9.17) is 4.42 Å². The van der Waals surface area contributed by atoms with E-state index in [1.807, 2.05) is 19.9 Å². The summed E-state index contributed by atoms with van der Waals surface area (Å²) in [5.41, 5.74) is 3.30. The summed E-state index contributed by atoms with van der Waals surface area (Å²) in [6.45, 7) is 3.78. The zero-order valence-corrected chi connectivity index (χ0v) is 14.1. The topological polar surface area (TPSA) is 89.3 Å². The van der Waals surface area contributed by atoms with E-state index in [2.05, 4.69) is 10.3 Å². The van der Waals surface area contributed by atoms with Crippen LogP contribution >= 0.6 is 0 Å². The second kappa shape index (κ2) is 6.09. The summed E-state index contributed by atoms with van der Waals surface area (Å²) in [4.78, 5) is 16.1. The second-order valence-corrected chi connectivity index (χ2v) is 7.37. The number of benzene rings is 2. The number of anilines is 1. The number of carbonyl (C=O) groups excluding carboxylic acids is 1. The van der Waals surface area contributed by atoms with E-state index in [0.29, 0.717) is 16.8 Å². The average Bonchev–Trinajstić information content (AvgIpc) is 2.96. The normalized spacial score (nSPS) is 11.6. The van der Waals surface area contributed by atoms with Gasteiger partial charge in [-0.15, -0.1) is 0 Å². The number of sulfone groups is 1. The van der Waals surface area contributed by atoms with Gasteiger partial charge in [0.05, 0.1) is 0 Å². The number of amides is 1. The Kier molecular flexibility index (Phi) is 4.11. The molecule has 7 heteroatoms. The van der Waals surface area contributed by atoms with Crippen LogP contribution in [-0.4, -0.2) is 25.1 Å². The number of nitrogens with one attached hydrogen (secondary N) is 1. The third kappa shape index (κ3) is 3.16. The monoisotopic (exact) mass is 344 g/mol. The number of rotatable bonds is 4. The van der Waals surface area contributed by atoms with Crippen LogP contribution in [0.5, 0.6) is 0 Å². The van der Waals surface area contributed by atoms with Crippen LogP contribution in [0.25, 0.3) is 11.1 Å². The second-order valence-electron chi connectivity index (χ2n) is 5.50. The van der Waals surface area contributed by atoms with Gasteiger partial charge in [0.2, 0.25) is 15.7 Å². The standard InChI is InChI=1S/C17H16N2O4S/c1-11-6-5-8-13(12(11)2)18-16(20)10-24(21,22)17-19-14-7-3-4-9-15(14)23-17/h3-9H,10H2,1-2H3,(H,18,20). The highest BCUT2D eigenvalue weighted by molar-refractivity contribution is 7.91. The number of oxazole rings is 1. The van der Waals surface area contributed by atoms with Gasteiger partial charge in [0, 0.05) is 5.69 Å². The predicted molar refractivity (Wildman–Crippen MR) is 90.6 cm³/mol. The van der Waals surface area contributed by atoms with Crippen LogP contribution in [0.4, 0.5) is 5.69 Å². The van der Waals surface area contributed by atoms with Gasteiger partial charge >= 0.3 is 5.22 Å². The molecule has 0 fully saturated rings. The van der Waals surface area contributed by atoms with E-state index in [9.17, 15) is 13.2 Å². The summed E-state index contributed by atoms with van der Waals surface area (Å²) in [5.74, 6) is -1.36. The summed E-state index contributed by atoms with van der Waals surface area (Å²) < 4.78 is 29.9. The molecule has 0 bridgehead atoms. The Hall–Kier alpha value is -2.67. The molecule has 0 aliphatic heterocycles. The number of para-hydroxylation sites is 2. The van der Waals surface area contributed by atoms with Crippen LogP contribution in [0.1, 0.15) is 11.1 Å². The Morgan fingerprint density at radius 3 is 2.62 bits per heavy atom. The lowest BCUT2D eigenvalue weighted by Crippen LogP contribution is -2.23. The molecule has 0 aliphatic rings. The number of fused-ring (bicyclic) bond motifs is 1. The molecule has 0 saturated carbocycles. The van der Waals surface area contributed by atoms with E-state index in [1.165, 1.54) is 0 Å². The number of hydrogen-bond acceptors (Lipinski definition) is 5. The van der Waals surface area contributed by atoms with Gasteiger partial charge in [0.25, 0.3) is 0 Å². The number of nitrogens with zero attached hydrogens (tertiary/aromatic N) is 1. The van der Waals surface area contributed by atoms with Crippen LogP contribution in [-0.2, 0) is 14.6 Å². The molecular weight excluding hydrogens is 328 g/mol. The zero-order chi connectivity index (χ0) is 17.3. The summed E-state index contributed by atoms with van der Waals surface area (Å²) in [6, 6.07) is 12.2. The smallest absolute Gasteiger partial charge is 0.316 e. The molecule has 24 heavy (non-hydrogen) atoms. The van der Waals surface area contributed by atoms with E-state index in [-0.39, 0.29) is 0 Å². The van der Waals surface area contributed by atoms with E-state index < -0.39 is 26.7 Å². The quantitative estimate of drug-likeness (QED) is 0.786. The van der Waals surface area contributed by atoms with Gasteiger partial charge in [-0.1, -0.05) is 24.3 Å². The van der Waals surface area contributed by atoms with Gasteiger partial charge in [-0.05, 0) is 43.2 Å². The van der Waals surface area contributed by atoms with Gasteiger partial charge in [-0.2, -0.15) is 4.98 Å². The maximum absolute atomic E-state index is 12.3. The Bertz CT molecular complexity index is 989. The van der Waals surface area contributed by atoms with Crippen LogP contribution < -0.4 is 5.32 Å². The summed E-state index contributed by atoms with van der Waals surface area (Å²) in [5, 5.41) is 2.18. The van der Waals surface area contributed by atoms with Crippen LogP contribution in [0.2, 0.25) is 0 Å². The first-order valence-corrected chi connectivity index (χ1v) is 8.96. The summed E-state index contributed by atoms with van der Waals surface area (Å²) in [6.07, 6.45) is 0. The predicted octanol–water partition coefficient (Wildman–Crippen LogP) is 2.86. The molecule has 124 valence electrons. The largest absolute Gasteiger partial charge is 0.428 e. The number of carbonyl (C=O) groups is 1. The fraction of sp³-hybridized carbons (Fsp3) is 0.176. The fourth-order valence-electron chi connectivity index (χ4n) is 2.29. The van der Waals surface area contributed by atoms with Gasteiger partial charge in [0.15, 0.2) is 5.58 Å². The molecule has 1 amide bonds. The molecule has 6 nitrogen and oxygen atoms in total. The molecular formula is C17H16N2O4S. The molecule has 3 rings (SSSR count). The average molecular weight is 344 g/mol. The first-order chi connectivity index (χ1) is 11.4. The minimum Gasteiger partial charge on any atom is -0.428 e. The van der Waals surface area contributed by atoms with E-state index in [0.717, 1.165) is 11.1 Å². The molecule has 1 aromatic heterocycles. The van der Waals surface area contributed by atoms with Crippen molar-refractivity contribution in [1.82, 2.24) is 4.98 Å². The molecule has 1 heterocycles. The van der Waals surface area contributed by atoms with Crippen molar-refractivity contribution in [3.05, 3.63) is 53.6 Å². The van der Waals surface area contributed by atoms with Crippen molar-refractivity contribution in [2.24, 2.45) is 0 Å². The molecule has 0 saturated heterocycles. The maximum Gasteiger partial charge on any atom is 0.316 e. The third-order valence-electron chi connectivity index (χ3n) is 3.74. The minimum absolute atomic E-state index is 0.367. The van der Waals surface area contributed by atoms with Crippen molar-refractivity contribution in [3.8, 4) is 0 Å². The molecule has 0 spiro atoms. The van der Waals surface area contributed by atoms with E-state index >= 15 is 0 Å². The van der Waals surface area contributed by atoms with Crippen LogP contribution in [0.3, 0.4) is 0 Å². The van der Waals surface area contributed by atoms with Crippen molar-refractivity contribution in [2.75, 3.05) is 11.1 Å². The Morgan fingerprint density at radius 2 is 1.88 bits per heavy atom. The lowest BCUT2D eigenvalue weighted by Gasteiger charge is -2.09. The Morgan fingerprint density at radius 1 is 1.12 bits per heavy atom. The number of aryl methyl sites for hydroxylation is 1. The highest BCUT2D eigenvalue weighted by Gasteiger charge is 2.25. The van der Waals surface area contributed by atoms with Crippen molar-refractivity contribution in [1.29, 1.82) is 0 Å². The molecule has 3 aromatic rings. The van der Waals surface area contributed by atoms with Crippen LogP contribution in [0, 0.1) is 13.8 Å². The first-order valence-electron chi connectivity index (χ1n) is 7.31. The molecule has 0 aliphatic carbocycles. The van der Waals surface area contributed by atoms with E-state index in [1.54, 1.807) is 36.4 Å². The maximum atomic E-state index is 12.3. The van der Waals surface area contributed by atoms with Crippen molar-refractivity contribution in [2.45, 2.75) is 19.1 Å².